The third-order valence-electron chi connectivity index (χ3n) is 7.15. The zero-order valence-corrected chi connectivity index (χ0v) is 16.3. The molecular formula is C24H29FO2. The van der Waals surface area contributed by atoms with E-state index in [1.807, 2.05) is 12.1 Å². The van der Waals surface area contributed by atoms with Crippen molar-refractivity contribution in [3.63, 3.8) is 0 Å². The van der Waals surface area contributed by atoms with Crippen LogP contribution in [-0.2, 0) is 4.74 Å². The predicted octanol–water partition coefficient (Wildman–Crippen LogP) is 6.48. The molecule has 0 aliphatic heterocycles. The highest BCUT2D eigenvalue weighted by atomic mass is 19.1. The average Bonchev–Trinajstić information content (AvgIpc) is 2.72. The van der Waals surface area contributed by atoms with Crippen LogP contribution in [0, 0.1) is 23.6 Å². The van der Waals surface area contributed by atoms with Crippen LogP contribution in [0.1, 0.15) is 73.7 Å². The molecule has 3 heteroatoms. The van der Waals surface area contributed by atoms with Crippen molar-refractivity contribution in [3.05, 3.63) is 47.3 Å². The molecule has 0 amide bonds. The smallest absolute Gasteiger partial charge is 0.340 e. The van der Waals surface area contributed by atoms with Gasteiger partial charge in [0.25, 0.3) is 0 Å². The molecule has 4 atom stereocenters. The van der Waals surface area contributed by atoms with Crippen molar-refractivity contribution in [3.8, 4) is 0 Å². The fraction of sp³-hybridized carbons (Fsp3) is 0.542. The SMILES string of the molecule is CCC1CCC2CC(c3ccc4c(F)c(C(=O)OC)ccc4c3)CCC2C1. The standard InChI is InChI=1S/C24H29FO2/c1-3-15-4-5-17-13-18(7-6-16(17)12-15)19-8-10-21-20(14-19)9-11-22(23(21)25)24(26)27-2/h8-11,14-18H,3-7,12-13H2,1-2H3. The minimum atomic E-state index is -0.625. The summed E-state index contributed by atoms with van der Waals surface area (Å²) in [5.74, 6) is 2.20. The third-order valence-corrected chi connectivity index (χ3v) is 7.15. The van der Waals surface area contributed by atoms with Crippen LogP contribution in [0.5, 0.6) is 0 Å². The van der Waals surface area contributed by atoms with Gasteiger partial charge in [0.2, 0.25) is 0 Å². The number of rotatable bonds is 3. The van der Waals surface area contributed by atoms with E-state index in [4.69, 9.17) is 0 Å². The van der Waals surface area contributed by atoms with Crippen molar-refractivity contribution >= 4 is 16.7 Å². The van der Waals surface area contributed by atoms with Gasteiger partial charge in [0.05, 0.1) is 12.7 Å². The van der Waals surface area contributed by atoms with Crippen LogP contribution in [0.2, 0.25) is 0 Å². The number of benzene rings is 2. The van der Waals surface area contributed by atoms with Crippen molar-refractivity contribution < 1.29 is 13.9 Å². The lowest BCUT2D eigenvalue weighted by atomic mass is 9.63. The Bertz CT molecular complexity index is 844. The van der Waals surface area contributed by atoms with Crippen LogP contribution in [0.15, 0.2) is 30.3 Å². The summed E-state index contributed by atoms with van der Waals surface area (Å²) >= 11 is 0. The van der Waals surface area contributed by atoms with Gasteiger partial charge in [-0.15, -0.1) is 0 Å². The second-order valence-corrected chi connectivity index (χ2v) is 8.52. The minimum Gasteiger partial charge on any atom is -0.465 e. The van der Waals surface area contributed by atoms with Gasteiger partial charge in [-0.3, -0.25) is 0 Å². The molecule has 4 unspecified atom stereocenters. The van der Waals surface area contributed by atoms with E-state index in [0.717, 1.165) is 23.1 Å². The number of ether oxygens (including phenoxy) is 1. The van der Waals surface area contributed by atoms with E-state index in [9.17, 15) is 9.18 Å². The van der Waals surface area contributed by atoms with Gasteiger partial charge < -0.3 is 4.74 Å². The molecule has 0 bridgehead atoms. The summed E-state index contributed by atoms with van der Waals surface area (Å²) in [6.07, 6.45) is 9.37. The van der Waals surface area contributed by atoms with E-state index in [1.54, 1.807) is 0 Å². The summed E-state index contributed by atoms with van der Waals surface area (Å²) in [6.45, 7) is 2.33. The zero-order valence-electron chi connectivity index (χ0n) is 16.3. The molecule has 2 aliphatic carbocycles. The van der Waals surface area contributed by atoms with Gasteiger partial charge in [-0.1, -0.05) is 44.0 Å². The number of fused-ring (bicyclic) bond motifs is 2. The number of carbonyl (C=O) groups excluding carboxylic acids is 1. The lowest BCUT2D eigenvalue weighted by Crippen LogP contribution is -2.30. The number of hydrogen-bond acceptors (Lipinski definition) is 2. The predicted molar refractivity (Wildman–Crippen MR) is 106 cm³/mol. The first-order valence-corrected chi connectivity index (χ1v) is 10.4. The van der Waals surface area contributed by atoms with E-state index in [1.165, 1.54) is 63.7 Å². The fourth-order valence-corrected chi connectivity index (χ4v) is 5.49. The quantitative estimate of drug-likeness (QED) is 0.580. The first-order valence-electron chi connectivity index (χ1n) is 10.4. The van der Waals surface area contributed by atoms with E-state index in [2.05, 4.69) is 23.8 Å². The number of hydrogen-bond donors (Lipinski definition) is 0. The molecule has 2 aromatic rings. The second-order valence-electron chi connectivity index (χ2n) is 8.52. The normalized spacial score (nSPS) is 28.0. The third kappa shape index (κ3) is 3.49. The van der Waals surface area contributed by atoms with Crippen molar-refractivity contribution in [1.82, 2.24) is 0 Å². The summed E-state index contributed by atoms with van der Waals surface area (Å²) in [4.78, 5) is 11.7. The number of methoxy groups -OCH3 is 1. The van der Waals surface area contributed by atoms with Crippen LogP contribution in [0.25, 0.3) is 10.8 Å². The van der Waals surface area contributed by atoms with Gasteiger partial charge in [0.15, 0.2) is 0 Å². The highest BCUT2D eigenvalue weighted by Crippen LogP contribution is 2.48. The van der Waals surface area contributed by atoms with Crippen LogP contribution >= 0.6 is 0 Å². The summed E-state index contributed by atoms with van der Waals surface area (Å²) < 4.78 is 19.3. The van der Waals surface area contributed by atoms with E-state index in [-0.39, 0.29) is 5.56 Å². The Balaban J connectivity index is 1.55. The number of halogens is 1. The first-order chi connectivity index (χ1) is 13.1. The Morgan fingerprint density at radius 1 is 1.07 bits per heavy atom. The summed E-state index contributed by atoms with van der Waals surface area (Å²) in [6, 6.07) is 9.41. The molecule has 0 radical (unpaired) electrons. The van der Waals surface area contributed by atoms with E-state index >= 15 is 0 Å². The van der Waals surface area contributed by atoms with Gasteiger partial charge in [-0.05, 0) is 72.8 Å². The molecule has 2 nitrogen and oxygen atoms in total. The number of carbonyl (C=O) groups is 1. The van der Waals surface area contributed by atoms with Crippen molar-refractivity contribution in [2.45, 2.75) is 57.8 Å². The molecule has 0 spiro atoms. The van der Waals surface area contributed by atoms with Gasteiger partial charge in [0.1, 0.15) is 5.82 Å². The average molecular weight is 368 g/mol. The highest BCUT2D eigenvalue weighted by molar-refractivity contribution is 5.96. The van der Waals surface area contributed by atoms with Crippen LogP contribution in [0.4, 0.5) is 4.39 Å². The number of esters is 1. The molecule has 0 N–H and O–H groups in total. The van der Waals surface area contributed by atoms with Crippen molar-refractivity contribution in [2.75, 3.05) is 7.11 Å². The molecule has 27 heavy (non-hydrogen) atoms. The Kier molecular flexibility index (Phi) is 5.21. The maximum atomic E-state index is 14.7. The van der Waals surface area contributed by atoms with Gasteiger partial charge in [0, 0.05) is 5.39 Å². The Labute approximate surface area is 161 Å². The molecule has 2 saturated carbocycles. The maximum Gasteiger partial charge on any atom is 0.340 e. The molecule has 0 aromatic heterocycles. The van der Waals surface area contributed by atoms with Crippen molar-refractivity contribution in [2.24, 2.45) is 17.8 Å². The van der Waals surface area contributed by atoms with Crippen molar-refractivity contribution in [1.29, 1.82) is 0 Å². The molecule has 4 rings (SSSR count). The fourth-order valence-electron chi connectivity index (χ4n) is 5.49. The molecule has 2 aliphatic rings. The van der Waals surface area contributed by atoms with Gasteiger partial charge in [-0.25, -0.2) is 9.18 Å². The highest BCUT2D eigenvalue weighted by Gasteiger charge is 2.35. The largest absolute Gasteiger partial charge is 0.465 e. The topological polar surface area (TPSA) is 26.3 Å². The maximum absolute atomic E-state index is 14.7. The van der Waals surface area contributed by atoms with E-state index in [0.29, 0.717) is 11.3 Å². The first kappa shape index (κ1) is 18.5. The summed E-state index contributed by atoms with van der Waals surface area (Å²) in [5, 5.41) is 1.37. The molecule has 2 fully saturated rings. The molecular weight excluding hydrogens is 339 g/mol. The van der Waals surface area contributed by atoms with E-state index < -0.39 is 11.8 Å². The Morgan fingerprint density at radius 2 is 1.85 bits per heavy atom. The van der Waals surface area contributed by atoms with Crippen LogP contribution in [-0.4, -0.2) is 13.1 Å². The van der Waals surface area contributed by atoms with Gasteiger partial charge >= 0.3 is 5.97 Å². The summed E-state index contributed by atoms with van der Waals surface area (Å²) in [5.41, 5.74) is 1.33. The van der Waals surface area contributed by atoms with Crippen LogP contribution < -0.4 is 0 Å². The molecule has 0 heterocycles. The Morgan fingerprint density at radius 3 is 2.63 bits per heavy atom. The zero-order chi connectivity index (χ0) is 19.0. The monoisotopic (exact) mass is 368 g/mol. The van der Waals surface area contributed by atoms with Crippen LogP contribution in [0.3, 0.4) is 0 Å². The minimum absolute atomic E-state index is 0.00550. The lowest BCUT2D eigenvalue weighted by molar-refractivity contribution is 0.0596. The Hall–Kier alpha value is -1.90. The molecule has 0 saturated heterocycles. The van der Waals surface area contributed by atoms with Gasteiger partial charge in [-0.2, -0.15) is 0 Å². The summed E-state index contributed by atoms with van der Waals surface area (Å²) in [7, 11) is 1.28. The lowest BCUT2D eigenvalue weighted by Gasteiger charge is -2.42. The molecule has 2 aromatic carbocycles. The second kappa shape index (κ2) is 7.61. The molecule has 144 valence electrons.